The third-order valence-corrected chi connectivity index (χ3v) is 4.74. The molecule has 1 aliphatic rings. The highest BCUT2D eigenvalue weighted by atomic mass is 16.5. The number of amides is 1. The van der Waals surface area contributed by atoms with Crippen LogP contribution in [0.1, 0.15) is 24.2 Å². The summed E-state index contributed by atoms with van der Waals surface area (Å²) in [6.07, 6.45) is 0.106. The van der Waals surface area contributed by atoms with Crippen molar-refractivity contribution in [1.82, 2.24) is 15.1 Å². The highest BCUT2D eigenvalue weighted by Gasteiger charge is 2.26. The zero-order chi connectivity index (χ0) is 18.3. The Labute approximate surface area is 151 Å². The smallest absolute Gasteiger partial charge is 0.254 e. The van der Waals surface area contributed by atoms with Crippen LogP contribution in [0.25, 0.3) is 22.0 Å². The summed E-state index contributed by atoms with van der Waals surface area (Å²) in [5, 5.41) is 7.82. The van der Waals surface area contributed by atoms with Gasteiger partial charge in [0.15, 0.2) is 5.82 Å². The molecular weight excluding hydrogens is 328 g/mol. The Morgan fingerprint density at radius 1 is 1.15 bits per heavy atom. The van der Waals surface area contributed by atoms with Gasteiger partial charge in [0.2, 0.25) is 0 Å². The van der Waals surface area contributed by atoms with Gasteiger partial charge in [0, 0.05) is 24.0 Å². The second-order valence-electron chi connectivity index (χ2n) is 6.92. The van der Waals surface area contributed by atoms with Crippen molar-refractivity contribution in [1.29, 1.82) is 0 Å². The maximum atomic E-state index is 12.9. The van der Waals surface area contributed by atoms with E-state index < -0.39 is 0 Å². The molecule has 6 heteroatoms. The number of rotatable bonds is 2. The monoisotopic (exact) mass is 350 g/mol. The number of aromatic amines is 1. The third kappa shape index (κ3) is 3.04. The lowest BCUT2D eigenvalue weighted by molar-refractivity contribution is -0.0586. The van der Waals surface area contributed by atoms with Crippen LogP contribution in [0.5, 0.6) is 0 Å². The number of benzene rings is 2. The van der Waals surface area contributed by atoms with Crippen LogP contribution >= 0.6 is 0 Å². The van der Waals surface area contributed by atoms with Gasteiger partial charge in [-0.25, -0.2) is 0 Å². The van der Waals surface area contributed by atoms with Gasteiger partial charge in [-0.2, -0.15) is 5.10 Å². The van der Waals surface area contributed by atoms with Crippen molar-refractivity contribution in [2.24, 2.45) is 0 Å². The average Bonchev–Trinajstić information content (AvgIpc) is 3.01. The van der Waals surface area contributed by atoms with Crippen LogP contribution in [0.3, 0.4) is 0 Å². The first-order valence-electron chi connectivity index (χ1n) is 8.80. The number of morpholine rings is 1. The number of nitrogen functional groups attached to an aromatic ring is 1. The fourth-order valence-electron chi connectivity index (χ4n) is 3.57. The van der Waals surface area contributed by atoms with Gasteiger partial charge in [-0.05, 0) is 49.2 Å². The molecule has 2 heterocycles. The Kier molecular flexibility index (Phi) is 4.12. The summed E-state index contributed by atoms with van der Waals surface area (Å²) < 4.78 is 5.73. The summed E-state index contributed by atoms with van der Waals surface area (Å²) in [5.74, 6) is 0.517. The van der Waals surface area contributed by atoms with E-state index in [0.29, 0.717) is 24.5 Å². The molecule has 26 heavy (non-hydrogen) atoms. The second-order valence-corrected chi connectivity index (χ2v) is 6.92. The van der Waals surface area contributed by atoms with E-state index in [9.17, 15) is 4.79 Å². The largest absolute Gasteiger partial charge is 0.382 e. The maximum absolute atomic E-state index is 12.9. The minimum atomic E-state index is 0.0396. The molecule has 1 fully saturated rings. The van der Waals surface area contributed by atoms with Crippen molar-refractivity contribution in [2.75, 3.05) is 18.8 Å². The zero-order valence-electron chi connectivity index (χ0n) is 14.9. The molecule has 1 amide bonds. The lowest BCUT2D eigenvalue weighted by Gasteiger charge is -2.35. The summed E-state index contributed by atoms with van der Waals surface area (Å²) in [7, 11) is 0. The van der Waals surface area contributed by atoms with Crippen LogP contribution in [0.15, 0.2) is 42.5 Å². The van der Waals surface area contributed by atoms with E-state index in [0.717, 1.165) is 22.0 Å². The Morgan fingerprint density at radius 2 is 1.88 bits per heavy atom. The predicted octanol–water partition coefficient (Wildman–Crippen LogP) is 3.06. The van der Waals surface area contributed by atoms with Crippen LogP contribution in [0.2, 0.25) is 0 Å². The molecule has 0 unspecified atom stereocenters. The number of hydrogen-bond donors (Lipinski definition) is 2. The molecular formula is C20H22N4O2. The van der Waals surface area contributed by atoms with E-state index >= 15 is 0 Å². The van der Waals surface area contributed by atoms with E-state index in [1.165, 1.54) is 0 Å². The van der Waals surface area contributed by atoms with Gasteiger partial charge in [-0.15, -0.1) is 0 Å². The van der Waals surface area contributed by atoms with Crippen molar-refractivity contribution in [3.8, 4) is 11.1 Å². The standard InChI is InChI=1S/C20H22N4O2/c1-12-10-24(11-13(2)26-12)20(25)16-5-3-4-14(8-16)15-6-7-18-17(9-15)19(21)23-22-18/h3-9,12-13H,10-11H2,1-2H3,(H3,21,22,23)/t12-,13+. The molecule has 2 aromatic carbocycles. The molecule has 0 radical (unpaired) electrons. The second kappa shape index (κ2) is 6.46. The van der Waals surface area contributed by atoms with Crippen LogP contribution < -0.4 is 5.73 Å². The molecule has 0 saturated carbocycles. The SMILES string of the molecule is C[C@@H]1CN(C(=O)c2cccc(-c3ccc4[nH]nc(N)c4c3)c2)C[C@H](C)O1. The molecule has 0 spiro atoms. The summed E-state index contributed by atoms with van der Waals surface area (Å²) in [6, 6.07) is 13.7. The van der Waals surface area contributed by atoms with Crippen LogP contribution in [0, 0.1) is 0 Å². The fourth-order valence-corrected chi connectivity index (χ4v) is 3.57. The molecule has 0 aliphatic carbocycles. The molecule has 134 valence electrons. The van der Waals surface area contributed by atoms with Crippen molar-refractivity contribution in [3.05, 3.63) is 48.0 Å². The summed E-state index contributed by atoms with van der Waals surface area (Å²) in [4.78, 5) is 14.8. The molecule has 2 atom stereocenters. The number of carbonyl (C=O) groups excluding carboxylic acids is 1. The zero-order valence-corrected chi connectivity index (χ0v) is 14.9. The van der Waals surface area contributed by atoms with Crippen molar-refractivity contribution in [2.45, 2.75) is 26.1 Å². The van der Waals surface area contributed by atoms with Crippen molar-refractivity contribution in [3.63, 3.8) is 0 Å². The molecule has 1 saturated heterocycles. The van der Waals surface area contributed by atoms with Gasteiger partial charge < -0.3 is 15.4 Å². The first-order chi connectivity index (χ1) is 12.5. The Hall–Kier alpha value is -2.86. The van der Waals surface area contributed by atoms with Crippen LogP contribution in [0.4, 0.5) is 5.82 Å². The van der Waals surface area contributed by atoms with Crippen LogP contribution in [-0.2, 0) is 4.74 Å². The number of hydrogen-bond acceptors (Lipinski definition) is 4. The third-order valence-electron chi connectivity index (χ3n) is 4.74. The number of ether oxygens (including phenoxy) is 1. The van der Waals surface area contributed by atoms with Crippen LogP contribution in [-0.4, -0.2) is 46.3 Å². The normalized spacial score (nSPS) is 20.5. The molecule has 4 rings (SSSR count). The van der Waals surface area contributed by atoms with Crippen molar-refractivity contribution >= 4 is 22.6 Å². The highest BCUT2D eigenvalue weighted by molar-refractivity contribution is 5.96. The average molecular weight is 350 g/mol. The molecule has 3 N–H and O–H groups in total. The number of anilines is 1. The first-order valence-corrected chi connectivity index (χ1v) is 8.80. The number of nitrogens with zero attached hydrogens (tertiary/aromatic N) is 2. The van der Waals surface area contributed by atoms with Gasteiger partial charge >= 0.3 is 0 Å². The van der Waals surface area contributed by atoms with Gasteiger partial charge in [-0.1, -0.05) is 18.2 Å². The Bertz CT molecular complexity index is 955. The van der Waals surface area contributed by atoms with E-state index in [4.69, 9.17) is 10.5 Å². The summed E-state index contributed by atoms with van der Waals surface area (Å²) in [5.41, 5.74) is 9.48. The lowest BCUT2D eigenvalue weighted by Crippen LogP contribution is -2.48. The minimum absolute atomic E-state index is 0.0396. The van der Waals surface area contributed by atoms with Gasteiger partial charge in [0.05, 0.1) is 17.7 Å². The van der Waals surface area contributed by atoms with E-state index in [2.05, 4.69) is 10.2 Å². The number of aromatic nitrogens is 2. The first kappa shape index (κ1) is 16.6. The number of H-pyrrole nitrogens is 1. The number of fused-ring (bicyclic) bond motifs is 1. The minimum Gasteiger partial charge on any atom is -0.382 e. The topological polar surface area (TPSA) is 84.2 Å². The van der Waals surface area contributed by atoms with E-state index in [1.54, 1.807) is 0 Å². The van der Waals surface area contributed by atoms with Gasteiger partial charge in [0.25, 0.3) is 5.91 Å². The van der Waals surface area contributed by atoms with Gasteiger partial charge in [-0.3, -0.25) is 9.89 Å². The van der Waals surface area contributed by atoms with E-state index in [-0.39, 0.29) is 18.1 Å². The molecule has 1 aromatic heterocycles. The lowest BCUT2D eigenvalue weighted by atomic mass is 10.0. The predicted molar refractivity (Wildman–Crippen MR) is 102 cm³/mol. The fraction of sp³-hybridized carbons (Fsp3) is 0.300. The highest BCUT2D eigenvalue weighted by Crippen LogP contribution is 2.27. The molecule has 3 aromatic rings. The maximum Gasteiger partial charge on any atom is 0.254 e. The summed E-state index contributed by atoms with van der Waals surface area (Å²) in [6.45, 7) is 5.23. The summed E-state index contributed by atoms with van der Waals surface area (Å²) >= 11 is 0. The molecule has 0 bridgehead atoms. The number of carbonyl (C=O) groups is 1. The van der Waals surface area contributed by atoms with Crippen molar-refractivity contribution < 1.29 is 9.53 Å². The number of nitrogens with one attached hydrogen (secondary N) is 1. The molecule has 1 aliphatic heterocycles. The van der Waals surface area contributed by atoms with E-state index in [1.807, 2.05) is 61.2 Å². The van der Waals surface area contributed by atoms with Gasteiger partial charge in [0.1, 0.15) is 0 Å². The Balaban J connectivity index is 1.65. The molecule has 6 nitrogen and oxygen atoms in total. The quantitative estimate of drug-likeness (QED) is 0.744. The Morgan fingerprint density at radius 3 is 2.65 bits per heavy atom. The number of nitrogens with two attached hydrogens (primary N) is 1.